The van der Waals surface area contributed by atoms with Crippen molar-refractivity contribution in [1.82, 2.24) is 10.2 Å². The van der Waals surface area contributed by atoms with Crippen LogP contribution in [0.3, 0.4) is 0 Å². The number of benzene rings is 1. The normalized spacial score (nSPS) is 12.5. The third-order valence-electron chi connectivity index (χ3n) is 2.78. The Kier molecular flexibility index (Phi) is 4.38. The standard InChI is InChI=1S/C14H11F3N4/c15-14(16,17)12(8-10-4-2-1-3-5-10)19-13-7-6-11(9-18)20-21-13/h1-7,12H,8H2,(H,19,21). The van der Waals surface area contributed by atoms with Crippen LogP contribution in [0.1, 0.15) is 11.3 Å². The van der Waals surface area contributed by atoms with Crippen LogP contribution in [0.15, 0.2) is 42.5 Å². The van der Waals surface area contributed by atoms with Crippen molar-refractivity contribution in [2.75, 3.05) is 5.32 Å². The first-order valence-electron chi connectivity index (χ1n) is 6.10. The van der Waals surface area contributed by atoms with E-state index in [1.54, 1.807) is 36.4 Å². The fourth-order valence-electron chi connectivity index (χ4n) is 1.75. The minimum atomic E-state index is -4.43. The van der Waals surface area contributed by atoms with Gasteiger partial charge in [-0.25, -0.2) is 0 Å². The Morgan fingerprint density at radius 3 is 2.33 bits per heavy atom. The van der Waals surface area contributed by atoms with Gasteiger partial charge in [0.15, 0.2) is 5.69 Å². The molecule has 0 aliphatic rings. The molecule has 0 aliphatic carbocycles. The van der Waals surface area contributed by atoms with Crippen LogP contribution < -0.4 is 5.32 Å². The highest BCUT2D eigenvalue weighted by Crippen LogP contribution is 2.25. The molecule has 1 aromatic heterocycles. The zero-order chi connectivity index (χ0) is 15.3. The Morgan fingerprint density at radius 2 is 1.81 bits per heavy atom. The number of halogens is 3. The molecule has 0 saturated carbocycles. The van der Waals surface area contributed by atoms with E-state index in [9.17, 15) is 13.2 Å². The summed E-state index contributed by atoms with van der Waals surface area (Å²) in [5, 5.41) is 18.0. The lowest BCUT2D eigenvalue weighted by atomic mass is 10.1. The maximum absolute atomic E-state index is 13.1. The molecule has 21 heavy (non-hydrogen) atoms. The first-order valence-corrected chi connectivity index (χ1v) is 6.10. The molecule has 4 nitrogen and oxygen atoms in total. The molecule has 0 amide bonds. The van der Waals surface area contributed by atoms with Crippen LogP contribution >= 0.6 is 0 Å². The second-order valence-corrected chi connectivity index (χ2v) is 4.34. The van der Waals surface area contributed by atoms with Gasteiger partial charge in [0.1, 0.15) is 17.9 Å². The van der Waals surface area contributed by atoms with Gasteiger partial charge in [-0.3, -0.25) is 0 Å². The van der Waals surface area contributed by atoms with E-state index >= 15 is 0 Å². The zero-order valence-electron chi connectivity index (χ0n) is 10.8. The minimum absolute atomic E-state index is 0.0211. The maximum atomic E-state index is 13.1. The van der Waals surface area contributed by atoms with Crippen molar-refractivity contribution in [2.24, 2.45) is 0 Å². The number of nitrogens with one attached hydrogen (secondary N) is 1. The van der Waals surface area contributed by atoms with E-state index < -0.39 is 12.2 Å². The summed E-state index contributed by atoms with van der Waals surface area (Å²) in [6.45, 7) is 0. The lowest BCUT2D eigenvalue weighted by Gasteiger charge is -2.22. The zero-order valence-corrected chi connectivity index (χ0v) is 10.8. The van der Waals surface area contributed by atoms with Crippen LogP contribution in [0.25, 0.3) is 0 Å². The highest BCUT2D eigenvalue weighted by Gasteiger charge is 2.39. The van der Waals surface area contributed by atoms with Gasteiger partial charge in [-0.1, -0.05) is 30.3 Å². The molecule has 1 unspecified atom stereocenters. The summed E-state index contributed by atoms with van der Waals surface area (Å²) in [5.74, 6) is -0.0211. The van der Waals surface area contributed by atoms with Crippen molar-refractivity contribution in [3.05, 3.63) is 53.7 Å². The number of alkyl halides is 3. The second kappa shape index (κ2) is 6.22. The topological polar surface area (TPSA) is 61.6 Å². The van der Waals surface area contributed by atoms with Gasteiger partial charge in [0.05, 0.1) is 0 Å². The van der Waals surface area contributed by atoms with E-state index in [2.05, 4.69) is 15.5 Å². The molecule has 0 saturated heterocycles. The molecule has 2 rings (SSSR count). The van der Waals surface area contributed by atoms with Gasteiger partial charge in [-0.05, 0) is 17.7 Å². The Bertz CT molecular complexity index is 617. The summed E-state index contributed by atoms with van der Waals surface area (Å²) < 4.78 is 39.2. The van der Waals surface area contributed by atoms with Crippen LogP contribution in [0.4, 0.5) is 19.0 Å². The summed E-state index contributed by atoms with van der Waals surface area (Å²) in [6, 6.07) is 11.0. The SMILES string of the molecule is N#Cc1ccc(NC(Cc2ccccc2)C(F)(F)F)nn1. The Balaban J connectivity index is 2.15. The summed E-state index contributed by atoms with van der Waals surface area (Å²) >= 11 is 0. The van der Waals surface area contributed by atoms with E-state index in [1.807, 2.05) is 0 Å². The van der Waals surface area contributed by atoms with Crippen LogP contribution in [-0.4, -0.2) is 22.4 Å². The lowest BCUT2D eigenvalue weighted by Crippen LogP contribution is -2.38. The molecule has 0 bridgehead atoms. The third-order valence-corrected chi connectivity index (χ3v) is 2.78. The Hall–Kier alpha value is -2.62. The quantitative estimate of drug-likeness (QED) is 0.941. The van der Waals surface area contributed by atoms with Crippen molar-refractivity contribution in [1.29, 1.82) is 5.26 Å². The summed E-state index contributed by atoms with van der Waals surface area (Å²) in [5.41, 5.74) is 0.612. The molecule has 0 radical (unpaired) electrons. The van der Waals surface area contributed by atoms with Crippen molar-refractivity contribution in [2.45, 2.75) is 18.6 Å². The average molecular weight is 292 g/mol. The highest BCUT2D eigenvalue weighted by molar-refractivity contribution is 5.37. The van der Waals surface area contributed by atoms with Gasteiger partial charge in [0.2, 0.25) is 0 Å². The molecule has 1 N–H and O–H groups in total. The van der Waals surface area contributed by atoms with E-state index in [1.165, 1.54) is 12.1 Å². The summed E-state index contributed by atoms with van der Waals surface area (Å²) in [4.78, 5) is 0. The largest absolute Gasteiger partial charge is 0.408 e. The number of rotatable bonds is 4. The molecule has 1 aromatic carbocycles. The van der Waals surface area contributed by atoms with Crippen molar-refractivity contribution in [3.63, 3.8) is 0 Å². The van der Waals surface area contributed by atoms with Crippen molar-refractivity contribution < 1.29 is 13.2 Å². The molecule has 0 fully saturated rings. The van der Waals surface area contributed by atoms with E-state index in [4.69, 9.17) is 5.26 Å². The van der Waals surface area contributed by atoms with E-state index in [0.717, 1.165) is 0 Å². The van der Waals surface area contributed by atoms with Crippen molar-refractivity contribution in [3.8, 4) is 6.07 Å². The van der Waals surface area contributed by atoms with E-state index in [-0.39, 0.29) is 17.9 Å². The number of hydrogen-bond donors (Lipinski definition) is 1. The minimum Gasteiger partial charge on any atom is -0.357 e. The predicted molar refractivity (Wildman–Crippen MR) is 70.4 cm³/mol. The van der Waals surface area contributed by atoms with Gasteiger partial charge in [-0.2, -0.15) is 18.4 Å². The fraction of sp³-hybridized carbons (Fsp3) is 0.214. The Morgan fingerprint density at radius 1 is 1.10 bits per heavy atom. The van der Waals surface area contributed by atoms with Crippen molar-refractivity contribution >= 4 is 5.82 Å². The maximum Gasteiger partial charge on any atom is 0.408 e. The van der Waals surface area contributed by atoms with Crippen LogP contribution in [0.2, 0.25) is 0 Å². The number of anilines is 1. The number of nitriles is 1. The number of nitrogens with zero attached hydrogens (tertiary/aromatic N) is 3. The molecule has 0 spiro atoms. The lowest BCUT2D eigenvalue weighted by molar-refractivity contribution is -0.142. The third kappa shape index (κ3) is 4.18. The van der Waals surface area contributed by atoms with Crippen LogP contribution in [0, 0.1) is 11.3 Å². The van der Waals surface area contributed by atoms with Gasteiger partial charge in [0, 0.05) is 6.42 Å². The number of hydrogen-bond acceptors (Lipinski definition) is 4. The van der Waals surface area contributed by atoms with Gasteiger partial charge in [0.25, 0.3) is 0 Å². The first-order chi connectivity index (χ1) is 9.99. The monoisotopic (exact) mass is 292 g/mol. The molecule has 1 atom stereocenters. The molecule has 0 aliphatic heterocycles. The van der Waals surface area contributed by atoms with Gasteiger partial charge >= 0.3 is 6.18 Å². The predicted octanol–water partition coefficient (Wildman–Crippen LogP) is 2.93. The highest BCUT2D eigenvalue weighted by atomic mass is 19.4. The van der Waals surface area contributed by atoms with Crippen LogP contribution in [-0.2, 0) is 6.42 Å². The van der Waals surface area contributed by atoms with Gasteiger partial charge in [-0.15, -0.1) is 10.2 Å². The summed E-state index contributed by atoms with van der Waals surface area (Å²) in [6.07, 6.45) is -4.64. The second-order valence-electron chi connectivity index (χ2n) is 4.34. The van der Waals surface area contributed by atoms with Crippen LogP contribution in [0.5, 0.6) is 0 Å². The molecule has 108 valence electrons. The fourth-order valence-corrected chi connectivity index (χ4v) is 1.75. The average Bonchev–Trinajstić information content (AvgIpc) is 2.47. The molecule has 2 aromatic rings. The smallest absolute Gasteiger partial charge is 0.357 e. The molecule has 7 heteroatoms. The Labute approximate surface area is 119 Å². The van der Waals surface area contributed by atoms with Gasteiger partial charge < -0.3 is 5.32 Å². The molecular formula is C14H11F3N4. The molecule has 1 heterocycles. The first kappa shape index (κ1) is 14.8. The number of aromatic nitrogens is 2. The molecular weight excluding hydrogens is 281 g/mol. The summed E-state index contributed by atoms with van der Waals surface area (Å²) in [7, 11) is 0. The van der Waals surface area contributed by atoms with E-state index in [0.29, 0.717) is 5.56 Å².